The Balaban J connectivity index is 1.99. The lowest BCUT2D eigenvalue weighted by molar-refractivity contribution is 0.194. The van der Waals surface area contributed by atoms with Crippen molar-refractivity contribution in [2.75, 3.05) is 7.11 Å². The van der Waals surface area contributed by atoms with Crippen LogP contribution in [0.2, 0.25) is 0 Å². The molecule has 3 aromatic rings. The van der Waals surface area contributed by atoms with Crippen LogP contribution >= 0.6 is 0 Å². The fourth-order valence-corrected chi connectivity index (χ4v) is 2.36. The molecule has 1 aromatic carbocycles. The molecule has 0 aliphatic heterocycles. The Hall–Kier alpha value is -2.40. The van der Waals surface area contributed by atoms with Gasteiger partial charge in [0.25, 0.3) is 0 Å². The molecule has 0 radical (unpaired) electrons. The highest BCUT2D eigenvalue weighted by Crippen LogP contribution is 2.23. The first kappa shape index (κ1) is 13.6. The van der Waals surface area contributed by atoms with Crippen LogP contribution in [-0.4, -0.2) is 27.0 Å². The summed E-state index contributed by atoms with van der Waals surface area (Å²) in [5.74, 6) is 0.826. The molecule has 1 atom stereocenters. The lowest BCUT2D eigenvalue weighted by Crippen LogP contribution is -2.03. The predicted molar refractivity (Wildman–Crippen MR) is 80.3 cm³/mol. The van der Waals surface area contributed by atoms with Crippen molar-refractivity contribution in [2.24, 2.45) is 0 Å². The van der Waals surface area contributed by atoms with Gasteiger partial charge in [-0.1, -0.05) is 12.1 Å². The van der Waals surface area contributed by atoms with Crippen molar-refractivity contribution in [3.8, 4) is 5.75 Å². The molecular formula is C16H17N3O2. The number of benzene rings is 1. The molecule has 5 heteroatoms. The molecule has 1 N–H and O–H groups in total. The van der Waals surface area contributed by atoms with E-state index in [0.29, 0.717) is 12.2 Å². The van der Waals surface area contributed by atoms with Gasteiger partial charge in [-0.2, -0.15) is 5.10 Å². The summed E-state index contributed by atoms with van der Waals surface area (Å²) in [4.78, 5) is 4.38. The third-order valence-electron chi connectivity index (χ3n) is 3.42. The van der Waals surface area contributed by atoms with E-state index in [9.17, 15) is 5.11 Å². The van der Waals surface area contributed by atoms with Gasteiger partial charge in [0.15, 0.2) is 5.65 Å². The summed E-state index contributed by atoms with van der Waals surface area (Å²) in [6, 6.07) is 11.6. The van der Waals surface area contributed by atoms with Crippen LogP contribution in [0.15, 0.2) is 42.6 Å². The Morgan fingerprint density at radius 2 is 2.00 bits per heavy atom. The van der Waals surface area contributed by atoms with E-state index < -0.39 is 6.10 Å². The Morgan fingerprint density at radius 1 is 1.24 bits per heavy atom. The number of hydrogen-bond acceptors (Lipinski definition) is 4. The number of aliphatic hydroxyl groups is 1. The lowest BCUT2D eigenvalue weighted by Gasteiger charge is -2.05. The fourth-order valence-electron chi connectivity index (χ4n) is 2.36. The van der Waals surface area contributed by atoms with Crippen molar-refractivity contribution in [1.82, 2.24) is 14.8 Å². The molecule has 0 saturated carbocycles. The van der Waals surface area contributed by atoms with Gasteiger partial charge in [-0.3, -0.25) is 0 Å². The third-order valence-corrected chi connectivity index (χ3v) is 3.42. The van der Waals surface area contributed by atoms with E-state index in [-0.39, 0.29) is 0 Å². The number of ether oxygens (including phenoxy) is 1. The summed E-state index contributed by atoms with van der Waals surface area (Å²) in [7, 11) is 1.65. The molecule has 108 valence electrons. The molecule has 0 aliphatic rings. The van der Waals surface area contributed by atoms with E-state index in [1.807, 2.05) is 41.1 Å². The van der Waals surface area contributed by atoms with Gasteiger partial charge >= 0.3 is 0 Å². The van der Waals surface area contributed by atoms with Gasteiger partial charge < -0.3 is 9.84 Å². The summed E-state index contributed by atoms with van der Waals surface area (Å²) in [6.07, 6.45) is 1.12. The molecule has 0 aliphatic carbocycles. The van der Waals surface area contributed by atoms with Crippen molar-refractivity contribution in [2.45, 2.75) is 19.6 Å². The van der Waals surface area contributed by atoms with E-state index in [2.05, 4.69) is 10.1 Å². The Kier molecular flexibility index (Phi) is 3.58. The van der Waals surface area contributed by atoms with Gasteiger partial charge in [-0.25, -0.2) is 9.67 Å². The van der Waals surface area contributed by atoms with Crippen LogP contribution in [0, 0.1) is 0 Å². The quantitative estimate of drug-likeness (QED) is 0.799. The molecule has 21 heavy (non-hydrogen) atoms. The molecule has 0 bridgehead atoms. The fraction of sp³-hybridized carbons (Fsp3) is 0.250. The van der Waals surface area contributed by atoms with E-state index in [1.54, 1.807) is 20.2 Å². The summed E-state index contributed by atoms with van der Waals surface area (Å²) in [5, 5.41) is 15.2. The second-order valence-electron chi connectivity index (χ2n) is 4.94. The van der Waals surface area contributed by atoms with Crippen LogP contribution < -0.4 is 4.74 Å². The first-order valence-electron chi connectivity index (χ1n) is 6.81. The number of methoxy groups -OCH3 is 1. The van der Waals surface area contributed by atoms with Gasteiger partial charge in [0.05, 0.1) is 19.8 Å². The Bertz CT molecular complexity index is 748. The summed E-state index contributed by atoms with van der Waals surface area (Å²) in [5.41, 5.74) is 2.54. The Labute approximate surface area is 122 Å². The zero-order valence-electron chi connectivity index (χ0n) is 12.0. The molecule has 0 amide bonds. The van der Waals surface area contributed by atoms with E-state index in [4.69, 9.17) is 4.74 Å². The largest absolute Gasteiger partial charge is 0.497 e. The van der Waals surface area contributed by atoms with E-state index >= 15 is 0 Å². The maximum absolute atomic E-state index is 9.85. The SMILES string of the molecule is COc1ccc(Cn2nc(C(C)O)c3cccnc32)cc1. The number of hydrogen-bond donors (Lipinski definition) is 1. The summed E-state index contributed by atoms with van der Waals surface area (Å²) >= 11 is 0. The zero-order chi connectivity index (χ0) is 14.8. The first-order chi connectivity index (χ1) is 10.2. The third kappa shape index (κ3) is 2.60. The van der Waals surface area contributed by atoms with Crippen LogP contribution in [-0.2, 0) is 6.54 Å². The molecule has 5 nitrogen and oxygen atoms in total. The van der Waals surface area contributed by atoms with Crippen LogP contribution in [0.1, 0.15) is 24.3 Å². The van der Waals surface area contributed by atoms with Gasteiger partial charge in [-0.15, -0.1) is 0 Å². The normalized spacial score (nSPS) is 12.5. The summed E-state index contributed by atoms with van der Waals surface area (Å²) < 4.78 is 6.98. The standard InChI is InChI=1S/C16H17N3O2/c1-11(20)15-14-4-3-9-17-16(14)19(18-15)10-12-5-7-13(21-2)8-6-12/h3-9,11,20H,10H2,1-2H3. The monoisotopic (exact) mass is 283 g/mol. The van der Waals surface area contributed by atoms with Gasteiger partial charge in [-0.05, 0) is 36.8 Å². The van der Waals surface area contributed by atoms with Crippen molar-refractivity contribution in [3.63, 3.8) is 0 Å². The number of rotatable bonds is 4. The molecule has 3 rings (SSSR count). The lowest BCUT2D eigenvalue weighted by atomic mass is 10.2. The second-order valence-corrected chi connectivity index (χ2v) is 4.94. The second kappa shape index (κ2) is 5.54. The van der Waals surface area contributed by atoms with Crippen molar-refractivity contribution in [1.29, 1.82) is 0 Å². The number of pyridine rings is 1. The molecular weight excluding hydrogens is 266 g/mol. The van der Waals surface area contributed by atoms with Gasteiger partial charge in [0.1, 0.15) is 11.4 Å². The number of aromatic nitrogens is 3. The molecule has 0 fully saturated rings. The van der Waals surface area contributed by atoms with Gasteiger partial charge in [0, 0.05) is 11.6 Å². The maximum Gasteiger partial charge on any atom is 0.158 e. The maximum atomic E-state index is 9.85. The minimum atomic E-state index is -0.617. The van der Waals surface area contributed by atoms with Crippen LogP contribution in [0.3, 0.4) is 0 Å². The number of fused-ring (bicyclic) bond motifs is 1. The molecule has 0 spiro atoms. The molecule has 1 unspecified atom stereocenters. The minimum absolute atomic E-state index is 0.601. The zero-order valence-corrected chi connectivity index (χ0v) is 12.0. The summed E-state index contributed by atoms with van der Waals surface area (Å²) in [6.45, 7) is 2.32. The predicted octanol–water partition coefficient (Wildman–Crippen LogP) is 2.54. The minimum Gasteiger partial charge on any atom is -0.497 e. The average molecular weight is 283 g/mol. The smallest absolute Gasteiger partial charge is 0.158 e. The van der Waals surface area contributed by atoms with Crippen LogP contribution in [0.25, 0.3) is 11.0 Å². The van der Waals surface area contributed by atoms with Crippen LogP contribution in [0.5, 0.6) is 5.75 Å². The number of nitrogens with zero attached hydrogens (tertiary/aromatic N) is 3. The van der Waals surface area contributed by atoms with Crippen molar-refractivity contribution < 1.29 is 9.84 Å². The van der Waals surface area contributed by atoms with Crippen molar-refractivity contribution in [3.05, 3.63) is 53.9 Å². The number of aliphatic hydroxyl groups excluding tert-OH is 1. The topological polar surface area (TPSA) is 60.2 Å². The molecule has 2 aromatic heterocycles. The average Bonchev–Trinajstić information content (AvgIpc) is 2.87. The van der Waals surface area contributed by atoms with Crippen LogP contribution in [0.4, 0.5) is 0 Å². The highest BCUT2D eigenvalue weighted by atomic mass is 16.5. The van der Waals surface area contributed by atoms with Gasteiger partial charge in [0.2, 0.25) is 0 Å². The van der Waals surface area contributed by atoms with E-state index in [1.165, 1.54) is 0 Å². The molecule has 0 saturated heterocycles. The highest BCUT2D eigenvalue weighted by Gasteiger charge is 2.15. The highest BCUT2D eigenvalue weighted by molar-refractivity contribution is 5.78. The first-order valence-corrected chi connectivity index (χ1v) is 6.81. The molecule has 2 heterocycles. The van der Waals surface area contributed by atoms with Crippen molar-refractivity contribution >= 4 is 11.0 Å². The van der Waals surface area contributed by atoms with E-state index in [0.717, 1.165) is 22.3 Å². The Morgan fingerprint density at radius 3 is 2.67 bits per heavy atom.